The summed E-state index contributed by atoms with van der Waals surface area (Å²) >= 11 is 0. The van der Waals surface area contributed by atoms with E-state index < -0.39 is 0 Å². The van der Waals surface area contributed by atoms with Crippen LogP contribution in [-0.4, -0.2) is 10.7 Å². The number of unbranched alkanes of at least 4 members (excludes halogenated alkanes) is 1. The number of hydrogen-bond donors (Lipinski definition) is 2. The van der Waals surface area contributed by atoms with Gasteiger partial charge >= 0.3 is 0 Å². The third-order valence-electron chi connectivity index (χ3n) is 4.70. The Morgan fingerprint density at radius 2 is 1.65 bits per heavy atom. The second-order valence-electron chi connectivity index (χ2n) is 5.66. The molecule has 0 saturated heterocycles. The van der Waals surface area contributed by atoms with E-state index in [-0.39, 0.29) is 5.54 Å². The normalized spacial score (nSPS) is 22.4. The van der Waals surface area contributed by atoms with Crippen molar-refractivity contribution in [3.63, 3.8) is 0 Å². The minimum Gasteiger partial charge on any atom is -0.255 e. The smallest absolute Gasteiger partial charge is 0.0530 e. The van der Waals surface area contributed by atoms with E-state index in [0.717, 1.165) is 12.8 Å². The molecule has 0 aromatic carbocycles. The van der Waals surface area contributed by atoms with Crippen LogP contribution < -0.4 is 11.7 Å². The number of hydrazine groups is 2. The summed E-state index contributed by atoms with van der Waals surface area (Å²) < 4.78 is 0. The summed E-state index contributed by atoms with van der Waals surface area (Å²) in [7, 11) is 0. The topological polar surface area (TPSA) is 55.3 Å². The predicted octanol–water partition coefficient (Wildman–Crippen LogP) is 3.35. The zero-order chi connectivity index (χ0) is 12.7. The van der Waals surface area contributed by atoms with Gasteiger partial charge in [-0.05, 0) is 31.6 Å². The van der Waals surface area contributed by atoms with Crippen LogP contribution in [0.25, 0.3) is 0 Å². The van der Waals surface area contributed by atoms with Gasteiger partial charge in [-0.2, -0.15) is 5.12 Å². The Labute approximate surface area is 107 Å². The van der Waals surface area contributed by atoms with E-state index in [2.05, 4.69) is 13.8 Å². The molecule has 1 aliphatic carbocycles. The van der Waals surface area contributed by atoms with Crippen LogP contribution in [0.1, 0.15) is 78.1 Å². The van der Waals surface area contributed by atoms with Crippen molar-refractivity contribution in [2.24, 2.45) is 17.6 Å². The van der Waals surface area contributed by atoms with Gasteiger partial charge in [-0.3, -0.25) is 11.7 Å². The Morgan fingerprint density at radius 1 is 1.06 bits per heavy atom. The molecule has 0 aliphatic heterocycles. The molecule has 3 heteroatoms. The third kappa shape index (κ3) is 3.67. The summed E-state index contributed by atoms with van der Waals surface area (Å²) in [4.78, 5) is 0. The van der Waals surface area contributed by atoms with Gasteiger partial charge in [0, 0.05) is 0 Å². The first-order valence-electron chi connectivity index (χ1n) is 7.47. The van der Waals surface area contributed by atoms with Crippen LogP contribution in [-0.2, 0) is 0 Å². The lowest BCUT2D eigenvalue weighted by atomic mass is 9.74. The fourth-order valence-electron chi connectivity index (χ4n) is 3.49. The Morgan fingerprint density at radius 3 is 2.06 bits per heavy atom. The highest BCUT2D eigenvalue weighted by molar-refractivity contribution is 4.92. The Balaban J connectivity index is 2.77. The van der Waals surface area contributed by atoms with Crippen molar-refractivity contribution in [1.82, 2.24) is 5.12 Å². The monoisotopic (exact) mass is 241 g/mol. The maximum Gasteiger partial charge on any atom is 0.0530 e. The summed E-state index contributed by atoms with van der Waals surface area (Å²) in [5.41, 5.74) is 0.0420. The van der Waals surface area contributed by atoms with Gasteiger partial charge in [0.2, 0.25) is 0 Å². The molecule has 17 heavy (non-hydrogen) atoms. The van der Waals surface area contributed by atoms with Gasteiger partial charge in [0.1, 0.15) is 0 Å². The van der Waals surface area contributed by atoms with Gasteiger partial charge < -0.3 is 0 Å². The molecule has 0 radical (unpaired) electrons. The molecule has 0 aromatic rings. The molecule has 102 valence electrons. The van der Waals surface area contributed by atoms with Gasteiger partial charge in [-0.25, -0.2) is 0 Å². The van der Waals surface area contributed by atoms with Gasteiger partial charge in [0.05, 0.1) is 5.54 Å². The van der Waals surface area contributed by atoms with E-state index in [1.54, 1.807) is 5.12 Å². The minimum atomic E-state index is 0.0420. The molecule has 0 spiro atoms. The Kier molecular flexibility index (Phi) is 6.45. The minimum absolute atomic E-state index is 0.0420. The van der Waals surface area contributed by atoms with Crippen LogP contribution in [0.5, 0.6) is 0 Å². The van der Waals surface area contributed by atoms with E-state index in [1.807, 2.05) is 0 Å². The zero-order valence-electron chi connectivity index (χ0n) is 11.8. The first-order valence-corrected chi connectivity index (χ1v) is 7.47. The molecule has 1 rings (SSSR count). The molecule has 1 saturated carbocycles. The van der Waals surface area contributed by atoms with Crippen molar-refractivity contribution in [3.05, 3.63) is 0 Å². The average molecular weight is 241 g/mol. The highest BCUT2D eigenvalue weighted by atomic mass is 15.6. The summed E-state index contributed by atoms with van der Waals surface area (Å²) in [6.07, 6.45) is 12.8. The first-order chi connectivity index (χ1) is 8.17. The zero-order valence-corrected chi connectivity index (χ0v) is 11.8. The average Bonchev–Trinajstić information content (AvgIpc) is 2.59. The third-order valence-corrected chi connectivity index (χ3v) is 4.70. The van der Waals surface area contributed by atoms with Crippen LogP contribution in [0.4, 0.5) is 0 Å². The fraction of sp³-hybridized carbons (Fsp3) is 1.00. The van der Waals surface area contributed by atoms with Crippen molar-refractivity contribution in [2.45, 2.75) is 83.6 Å². The molecular weight excluding hydrogens is 210 g/mol. The van der Waals surface area contributed by atoms with Gasteiger partial charge in [0.15, 0.2) is 0 Å². The van der Waals surface area contributed by atoms with Crippen molar-refractivity contribution < 1.29 is 0 Å². The number of nitrogens with zero attached hydrogens (tertiary/aromatic N) is 1. The van der Waals surface area contributed by atoms with Gasteiger partial charge in [-0.1, -0.05) is 52.4 Å². The van der Waals surface area contributed by atoms with E-state index >= 15 is 0 Å². The van der Waals surface area contributed by atoms with Crippen LogP contribution >= 0.6 is 0 Å². The lowest BCUT2D eigenvalue weighted by Gasteiger charge is -2.44. The van der Waals surface area contributed by atoms with Crippen molar-refractivity contribution in [1.29, 1.82) is 0 Å². The summed E-state index contributed by atoms with van der Waals surface area (Å²) in [5.74, 6) is 12.7. The lowest BCUT2D eigenvalue weighted by molar-refractivity contribution is 0.00778. The summed E-state index contributed by atoms with van der Waals surface area (Å²) in [5, 5.41) is 1.55. The van der Waals surface area contributed by atoms with E-state index in [0.29, 0.717) is 5.92 Å². The standard InChI is InChI=1S/C14H31N3/c1-3-5-12-14(4-2,17(15)16)13-10-8-6-7-9-11-13/h13H,3-12,15-16H2,1-2H3. The molecule has 0 amide bonds. The molecule has 1 unspecified atom stereocenters. The second kappa shape index (κ2) is 7.34. The summed E-state index contributed by atoms with van der Waals surface area (Å²) in [6.45, 7) is 4.48. The largest absolute Gasteiger partial charge is 0.255 e. The highest BCUT2D eigenvalue weighted by Gasteiger charge is 2.39. The van der Waals surface area contributed by atoms with Gasteiger partial charge in [0.25, 0.3) is 0 Å². The molecule has 0 bridgehead atoms. The van der Waals surface area contributed by atoms with Crippen LogP contribution in [0.15, 0.2) is 0 Å². The van der Waals surface area contributed by atoms with Crippen molar-refractivity contribution in [2.75, 3.05) is 0 Å². The molecule has 1 atom stereocenters. The molecule has 0 aromatic heterocycles. The molecule has 0 heterocycles. The van der Waals surface area contributed by atoms with Crippen LogP contribution in [0.2, 0.25) is 0 Å². The quantitative estimate of drug-likeness (QED) is 0.426. The second-order valence-corrected chi connectivity index (χ2v) is 5.66. The Hall–Kier alpha value is -0.120. The lowest BCUT2D eigenvalue weighted by Crippen LogP contribution is -2.60. The van der Waals surface area contributed by atoms with Crippen LogP contribution in [0.3, 0.4) is 0 Å². The molecular formula is C14H31N3. The Bertz CT molecular complexity index is 198. The van der Waals surface area contributed by atoms with Crippen molar-refractivity contribution >= 4 is 0 Å². The molecule has 4 N–H and O–H groups in total. The molecule has 1 aliphatic rings. The van der Waals surface area contributed by atoms with E-state index in [9.17, 15) is 0 Å². The van der Waals surface area contributed by atoms with Crippen LogP contribution in [0, 0.1) is 5.92 Å². The van der Waals surface area contributed by atoms with Crippen molar-refractivity contribution in [3.8, 4) is 0 Å². The number of hydrogen-bond acceptors (Lipinski definition) is 3. The summed E-state index contributed by atoms with van der Waals surface area (Å²) in [6, 6.07) is 0. The highest BCUT2D eigenvalue weighted by Crippen LogP contribution is 2.39. The number of rotatable bonds is 6. The molecule has 3 nitrogen and oxygen atoms in total. The SMILES string of the molecule is CCCCC(CC)(C1CCCCCC1)N(N)N. The maximum atomic E-state index is 6.02. The van der Waals surface area contributed by atoms with Gasteiger partial charge in [-0.15, -0.1) is 0 Å². The maximum absolute atomic E-state index is 6.02. The molecule has 1 fully saturated rings. The van der Waals surface area contributed by atoms with E-state index in [4.69, 9.17) is 11.7 Å². The number of nitrogens with two attached hydrogens (primary N) is 2. The first kappa shape index (κ1) is 14.9. The fourth-order valence-corrected chi connectivity index (χ4v) is 3.49. The van der Waals surface area contributed by atoms with E-state index in [1.165, 1.54) is 51.4 Å². The predicted molar refractivity (Wildman–Crippen MR) is 74.0 cm³/mol.